The van der Waals surface area contributed by atoms with Crippen LogP contribution in [0.2, 0.25) is 0 Å². The molecule has 13 atom stereocenters. The molecule has 7 rings (SSSR count). The summed E-state index contributed by atoms with van der Waals surface area (Å²) >= 11 is 0. The smallest absolute Gasteiger partial charge is 0.309 e. The van der Waals surface area contributed by atoms with Gasteiger partial charge in [-0.1, -0.05) is 212 Å². The van der Waals surface area contributed by atoms with E-state index in [4.69, 9.17) is 4.74 Å². The minimum Gasteiger partial charge on any atom is -0.465 e. The molecule has 7 fully saturated rings. The summed E-state index contributed by atoms with van der Waals surface area (Å²) in [6.07, 6.45) is 64.0. The van der Waals surface area contributed by atoms with Gasteiger partial charge in [-0.05, 0) is 148 Å². The molecule has 0 aromatic rings. The maximum absolute atomic E-state index is 13.6. The Morgan fingerprint density at radius 2 is 0.613 bits per heavy atom. The van der Waals surface area contributed by atoms with Gasteiger partial charge in [0.25, 0.3) is 0 Å². The van der Waals surface area contributed by atoms with Crippen LogP contribution in [0.25, 0.3) is 0 Å². The minimum atomic E-state index is 0.201. The minimum absolute atomic E-state index is 0.201. The zero-order valence-electron chi connectivity index (χ0n) is 41.6. The lowest BCUT2D eigenvalue weighted by Crippen LogP contribution is -2.48. The fraction of sp³-hybridized carbons (Fsp3) is 0.983. The number of unbranched alkanes of at least 4 members (excludes halogenated alkanes) is 26. The summed E-state index contributed by atoms with van der Waals surface area (Å²) in [5, 5.41) is 0. The maximum atomic E-state index is 13.6. The molecule has 62 heavy (non-hydrogen) atoms. The molecule has 0 aliphatic heterocycles. The van der Waals surface area contributed by atoms with Crippen molar-refractivity contribution in [1.82, 2.24) is 0 Å². The largest absolute Gasteiger partial charge is 0.465 e. The molecule has 2 heteroatoms. The molecule has 7 saturated carbocycles. The quantitative estimate of drug-likeness (QED) is 0.0553. The number of fused-ring (bicyclic) bond motifs is 6. The lowest BCUT2D eigenvalue weighted by atomic mass is 9.48. The van der Waals surface area contributed by atoms with Gasteiger partial charge in [0, 0.05) is 0 Å². The van der Waals surface area contributed by atoms with Crippen LogP contribution >= 0.6 is 0 Å². The number of carbonyl (C=O) groups is 1. The van der Waals surface area contributed by atoms with Gasteiger partial charge in [0.1, 0.15) is 0 Å². The van der Waals surface area contributed by atoms with E-state index >= 15 is 0 Å². The Balaban J connectivity index is 0.652. The zero-order valence-corrected chi connectivity index (χ0v) is 41.6. The topological polar surface area (TPSA) is 26.3 Å². The van der Waals surface area contributed by atoms with Crippen molar-refractivity contribution >= 4 is 5.97 Å². The molecule has 0 spiro atoms. The molecule has 358 valence electrons. The predicted molar refractivity (Wildman–Crippen MR) is 265 cm³/mol. The number of ether oxygens (including phenoxy) is 1. The number of esters is 1. The van der Waals surface area contributed by atoms with Crippen LogP contribution in [0.15, 0.2) is 0 Å². The highest BCUT2D eigenvalue weighted by Gasteiger charge is 2.52. The van der Waals surface area contributed by atoms with Crippen LogP contribution < -0.4 is 0 Å². The lowest BCUT2D eigenvalue weighted by Gasteiger charge is -2.57. The second kappa shape index (κ2) is 28.0. The standard InChI is InChI=1S/C60H106O2/c1-2-3-4-5-6-7-8-9-10-11-12-13-14-15-16-17-18-19-20-21-22-23-24-25-26-27-30-36-62-60(61)58-35-31-34-49-39-52-42-55-43-53-40-50-37-47-32-28-29-33-48(47)38-51(50)41-54(53)44-56(55)45-57(52)46-59(49)58/h47-59H,2-46H2,1H3. The molecule has 0 aromatic heterocycles. The van der Waals surface area contributed by atoms with Gasteiger partial charge in [0.05, 0.1) is 12.5 Å². The Morgan fingerprint density at radius 3 is 0.984 bits per heavy atom. The van der Waals surface area contributed by atoms with E-state index in [-0.39, 0.29) is 11.9 Å². The Kier molecular flexibility index (Phi) is 22.3. The van der Waals surface area contributed by atoms with E-state index in [9.17, 15) is 4.79 Å². The highest BCUT2D eigenvalue weighted by molar-refractivity contribution is 5.73. The lowest BCUT2D eigenvalue weighted by molar-refractivity contribution is -0.156. The number of hydrogen-bond acceptors (Lipinski definition) is 2. The average Bonchev–Trinajstić information content (AvgIpc) is 3.28. The van der Waals surface area contributed by atoms with Crippen molar-refractivity contribution in [2.45, 2.75) is 289 Å². The maximum Gasteiger partial charge on any atom is 0.309 e. The summed E-state index contributed by atoms with van der Waals surface area (Å²) < 4.78 is 6.11. The van der Waals surface area contributed by atoms with Gasteiger partial charge >= 0.3 is 5.97 Å². The SMILES string of the molecule is CCCCCCCCCCCCCCCCCCCCCCCCCCCCCOC(=O)C1CCCC2CC3CC4CC5CC6CC7CCCCC7CC6CC5CC4CC3CC21. The van der Waals surface area contributed by atoms with Gasteiger partial charge in [-0.3, -0.25) is 4.79 Å². The molecule has 7 aliphatic carbocycles. The molecule has 7 aliphatic rings. The van der Waals surface area contributed by atoms with E-state index in [1.54, 1.807) is 57.8 Å². The summed E-state index contributed by atoms with van der Waals surface area (Å²) in [4.78, 5) is 13.6. The second-order valence-corrected chi connectivity index (χ2v) is 24.6. The number of carbonyl (C=O) groups excluding carboxylic acids is 1. The molecule has 0 N–H and O–H groups in total. The normalized spacial score (nSPS) is 35.1. The first-order valence-corrected chi connectivity index (χ1v) is 29.8. The van der Waals surface area contributed by atoms with Crippen molar-refractivity contribution in [1.29, 1.82) is 0 Å². The summed E-state index contributed by atoms with van der Waals surface area (Å²) in [7, 11) is 0. The number of hydrogen-bond donors (Lipinski definition) is 0. The van der Waals surface area contributed by atoms with Crippen LogP contribution in [0.5, 0.6) is 0 Å². The van der Waals surface area contributed by atoms with E-state index in [1.807, 2.05) is 0 Å². The van der Waals surface area contributed by atoms with Gasteiger partial charge in [-0.2, -0.15) is 0 Å². The Hall–Kier alpha value is -0.530. The average molecular weight is 860 g/mol. The van der Waals surface area contributed by atoms with Crippen molar-refractivity contribution in [2.75, 3.05) is 6.61 Å². The Labute approximate surface area is 387 Å². The first kappa shape index (κ1) is 49.4. The molecule has 13 unspecified atom stereocenters. The van der Waals surface area contributed by atoms with Crippen molar-refractivity contribution < 1.29 is 9.53 Å². The van der Waals surface area contributed by atoms with Crippen LogP contribution in [-0.2, 0) is 9.53 Å². The van der Waals surface area contributed by atoms with Gasteiger partial charge in [-0.25, -0.2) is 0 Å². The highest BCUT2D eigenvalue weighted by atomic mass is 16.5. The van der Waals surface area contributed by atoms with Gasteiger partial charge in [-0.15, -0.1) is 0 Å². The fourth-order valence-electron chi connectivity index (χ4n) is 16.8. The molecule has 0 bridgehead atoms. The van der Waals surface area contributed by atoms with Crippen molar-refractivity contribution in [3.8, 4) is 0 Å². The van der Waals surface area contributed by atoms with Crippen LogP contribution in [-0.4, -0.2) is 12.6 Å². The third-order valence-corrected chi connectivity index (χ3v) is 20.3. The van der Waals surface area contributed by atoms with E-state index in [0.717, 1.165) is 77.9 Å². The zero-order chi connectivity index (χ0) is 42.6. The monoisotopic (exact) mass is 859 g/mol. The highest BCUT2D eigenvalue weighted by Crippen LogP contribution is 2.61. The molecule has 0 saturated heterocycles. The van der Waals surface area contributed by atoms with E-state index < -0.39 is 0 Å². The van der Waals surface area contributed by atoms with Crippen molar-refractivity contribution in [2.24, 2.45) is 76.9 Å². The Bertz CT molecular complexity index is 1190. The summed E-state index contributed by atoms with van der Waals surface area (Å²) in [5.41, 5.74) is 0. The van der Waals surface area contributed by atoms with E-state index in [0.29, 0.717) is 12.5 Å². The Morgan fingerprint density at radius 1 is 0.323 bits per heavy atom. The van der Waals surface area contributed by atoms with Gasteiger partial charge in [0.2, 0.25) is 0 Å². The van der Waals surface area contributed by atoms with Gasteiger partial charge < -0.3 is 4.74 Å². The third-order valence-electron chi connectivity index (χ3n) is 20.3. The predicted octanol–water partition coefficient (Wildman–Crippen LogP) is 18.8. The first-order valence-electron chi connectivity index (χ1n) is 29.8. The van der Waals surface area contributed by atoms with Gasteiger partial charge in [0.15, 0.2) is 0 Å². The molecule has 0 amide bonds. The molecule has 0 radical (unpaired) electrons. The summed E-state index contributed by atoms with van der Waals surface area (Å²) in [5.74, 6) is 12.3. The second-order valence-electron chi connectivity index (χ2n) is 24.6. The first-order chi connectivity index (χ1) is 30.7. The van der Waals surface area contributed by atoms with Crippen molar-refractivity contribution in [3.63, 3.8) is 0 Å². The molecular formula is C60H106O2. The van der Waals surface area contributed by atoms with Crippen LogP contribution in [0.3, 0.4) is 0 Å². The van der Waals surface area contributed by atoms with Crippen LogP contribution in [0, 0.1) is 76.9 Å². The molecule has 0 heterocycles. The molecule has 2 nitrogen and oxygen atoms in total. The summed E-state index contributed by atoms with van der Waals surface area (Å²) in [6.45, 7) is 2.99. The van der Waals surface area contributed by atoms with Crippen LogP contribution in [0.4, 0.5) is 0 Å². The molecular weight excluding hydrogens is 753 g/mol. The van der Waals surface area contributed by atoms with Crippen LogP contribution in [0.1, 0.15) is 289 Å². The van der Waals surface area contributed by atoms with E-state index in [1.165, 1.54) is 212 Å². The summed E-state index contributed by atoms with van der Waals surface area (Å²) in [6, 6.07) is 0. The fourth-order valence-corrected chi connectivity index (χ4v) is 16.8. The molecule has 0 aromatic carbocycles. The third kappa shape index (κ3) is 15.5. The van der Waals surface area contributed by atoms with E-state index in [2.05, 4.69) is 6.92 Å². The number of rotatable bonds is 29. The van der Waals surface area contributed by atoms with Crippen molar-refractivity contribution in [3.05, 3.63) is 0 Å².